The zero-order valence-corrected chi connectivity index (χ0v) is 46.8. The van der Waals surface area contributed by atoms with Crippen LogP contribution in [0.3, 0.4) is 0 Å². The molecule has 2 heteroatoms. The Kier molecular flexibility index (Phi) is 10.3. The summed E-state index contributed by atoms with van der Waals surface area (Å²) in [5.74, 6) is 16.1. The van der Waals surface area contributed by atoms with E-state index in [1.54, 1.807) is 140 Å². The average Bonchev–Trinajstić information content (AvgIpc) is 3.15. The summed E-state index contributed by atoms with van der Waals surface area (Å²) < 4.78 is 0. The molecule has 8 atom stereocenters. The molecule has 16 aliphatic carbocycles. The molecule has 66 heavy (non-hydrogen) atoms. The van der Waals surface area contributed by atoms with Crippen LogP contribution in [0, 0.1) is 116 Å². The predicted octanol–water partition coefficient (Wildman–Crippen LogP) is 18.6. The van der Waals surface area contributed by atoms with Gasteiger partial charge in [-0.05, 0) is 289 Å². The zero-order valence-electron chi connectivity index (χ0n) is 45.0. The maximum absolute atomic E-state index is 2.82. The highest BCUT2D eigenvalue weighted by atomic mass is 31.1. The standard InChI is InChI=1S/C64H100P2/c1-57(2,3)53-45-17-41-18-46(53)30-61(25-41,29-45)65(62-26-42-19-47(31-62)54(58(4,5)6)48(20-42)32-62)37-39-13-15-40(16-14-39)38-66(63-27-43-21-49(33-63)55(59(7,8)9)50(22-43)34-63)64-28-44-23-51(35-64)56(60(10,11)12)52(24-44)36-64/h13-16,41-56H,17-38H2,1-12H3. The van der Waals surface area contributed by atoms with Crippen molar-refractivity contribution in [3.05, 3.63) is 35.4 Å². The van der Waals surface area contributed by atoms with Gasteiger partial charge in [-0.2, -0.15) is 0 Å². The van der Waals surface area contributed by atoms with Crippen LogP contribution in [0.1, 0.15) is 223 Å². The first-order chi connectivity index (χ1) is 30.9. The van der Waals surface area contributed by atoms with Crippen LogP contribution in [0.4, 0.5) is 0 Å². The lowest BCUT2D eigenvalue weighted by atomic mass is 9.46. The Morgan fingerprint density at radius 3 is 0.667 bits per heavy atom. The van der Waals surface area contributed by atoms with E-state index in [-0.39, 0.29) is 15.8 Å². The quantitative estimate of drug-likeness (QED) is 0.228. The molecule has 17 rings (SSSR count). The summed E-state index contributed by atoms with van der Waals surface area (Å²) in [5.41, 5.74) is 5.45. The summed E-state index contributed by atoms with van der Waals surface area (Å²) in [6.07, 6.45) is 35.0. The fraction of sp³-hybridized carbons (Fsp3) is 0.906. The van der Waals surface area contributed by atoms with Gasteiger partial charge in [0.25, 0.3) is 0 Å². The molecule has 0 aliphatic heterocycles. The Balaban J connectivity index is 0.841. The first-order valence-corrected chi connectivity index (χ1v) is 32.6. The fourth-order valence-electron chi connectivity index (χ4n) is 25.7. The molecule has 8 unspecified atom stereocenters. The van der Waals surface area contributed by atoms with E-state index >= 15 is 0 Å². The lowest BCUT2D eigenvalue weighted by Gasteiger charge is -2.71. The molecule has 0 amide bonds. The molecule has 0 heterocycles. The molecule has 0 spiro atoms. The van der Waals surface area contributed by atoms with Crippen LogP contribution < -0.4 is 0 Å². The van der Waals surface area contributed by atoms with Gasteiger partial charge in [0, 0.05) is 0 Å². The third-order valence-corrected chi connectivity index (χ3v) is 33.1. The Bertz CT molecular complexity index is 1700. The van der Waals surface area contributed by atoms with Crippen molar-refractivity contribution in [3.63, 3.8) is 0 Å². The van der Waals surface area contributed by atoms with Crippen LogP contribution in [0.15, 0.2) is 24.3 Å². The van der Waals surface area contributed by atoms with Crippen molar-refractivity contribution in [3.8, 4) is 0 Å². The highest BCUT2D eigenvalue weighted by molar-refractivity contribution is 7.60. The van der Waals surface area contributed by atoms with Crippen molar-refractivity contribution in [2.75, 3.05) is 0 Å². The summed E-state index contributed by atoms with van der Waals surface area (Å²) in [4.78, 5) is 0. The van der Waals surface area contributed by atoms with E-state index in [0.29, 0.717) is 42.3 Å². The summed E-state index contributed by atoms with van der Waals surface area (Å²) in [6.45, 7) is 31.6. The second-order valence-corrected chi connectivity index (χ2v) is 39.5. The molecule has 366 valence electrons. The van der Waals surface area contributed by atoms with Crippen molar-refractivity contribution in [1.29, 1.82) is 0 Å². The van der Waals surface area contributed by atoms with Gasteiger partial charge in [0.15, 0.2) is 0 Å². The molecule has 16 fully saturated rings. The molecular weight excluding hydrogens is 831 g/mol. The molecule has 0 saturated heterocycles. The minimum atomic E-state index is -0.0830. The van der Waals surface area contributed by atoms with Gasteiger partial charge in [0.05, 0.1) is 0 Å². The smallest absolute Gasteiger partial charge is 0.00631 e. The predicted molar refractivity (Wildman–Crippen MR) is 285 cm³/mol. The maximum Gasteiger partial charge on any atom is -0.00631 e. The van der Waals surface area contributed by atoms with E-state index in [1.165, 1.54) is 12.3 Å². The molecule has 16 bridgehead atoms. The number of benzene rings is 1. The monoisotopic (exact) mass is 931 g/mol. The van der Waals surface area contributed by atoms with Gasteiger partial charge < -0.3 is 0 Å². The molecule has 0 aromatic heterocycles. The van der Waals surface area contributed by atoms with Gasteiger partial charge in [-0.25, -0.2) is 0 Å². The molecular formula is C64H100P2. The van der Waals surface area contributed by atoms with Crippen LogP contribution in [0.2, 0.25) is 0 Å². The second-order valence-electron chi connectivity index (χ2n) is 33.3. The zero-order chi connectivity index (χ0) is 45.9. The first kappa shape index (κ1) is 45.9. The molecule has 16 aliphatic rings. The van der Waals surface area contributed by atoms with Crippen LogP contribution in [0.25, 0.3) is 0 Å². The minimum absolute atomic E-state index is 0.0830. The SMILES string of the molecule is CC(C)(C)C1C2CC3CC1CC(P(Cc1ccc(CP(C45CC6CC(C4)C(C(C)(C)C)C(C6)C5)C45CC6CC(C4)C(C(C)(C)C)C(C6)C5)cc1)C14CC5CC(C1)C(C(C)(C)C)C(C5)C4)(C3)C2. The van der Waals surface area contributed by atoms with E-state index in [2.05, 4.69) is 107 Å². The Labute approximate surface area is 410 Å². The largest absolute Gasteiger partial charge is 0.0894 e. The highest BCUT2D eigenvalue weighted by Gasteiger charge is 2.69. The van der Waals surface area contributed by atoms with Gasteiger partial charge in [-0.1, -0.05) is 123 Å². The normalized spacial score (nSPS) is 51.6. The van der Waals surface area contributed by atoms with Gasteiger partial charge in [0.1, 0.15) is 0 Å². The number of rotatable bonds is 8. The molecule has 0 N–H and O–H groups in total. The van der Waals surface area contributed by atoms with E-state index in [1.807, 2.05) is 0 Å². The molecule has 0 radical (unpaired) electrons. The fourth-order valence-corrected chi connectivity index (χ4v) is 35.8. The van der Waals surface area contributed by atoms with Gasteiger partial charge in [0.2, 0.25) is 0 Å². The van der Waals surface area contributed by atoms with Crippen molar-refractivity contribution >= 4 is 15.8 Å². The van der Waals surface area contributed by atoms with Crippen LogP contribution >= 0.6 is 15.8 Å². The van der Waals surface area contributed by atoms with Gasteiger partial charge in [-0.3, -0.25) is 0 Å². The maximum atomic E-state index is 2.82. The summed E-state index contributed by atoms with van der Waals surface area (Å²) in [6, 6.07) is 11.3. The lowest BCUT2D eigenvalue weighted by molar-refractivity contribution is -0.0818. The van der Waals surface area contributed by atoms with Crippen molar-refractivity contribution < 1.29 is 0 Å². The third-order valence-electron chi connectivity index (χ3n) is 25.0. The van der Waals surface area contributed by atoms with Crippen molar-refractivity contribution in [2.24, 2.45) is 116 Å². The Hall–Kier alpha value is 0.0800. The summed E-state index contributed by atoms with van der Waals surface area (Å²) >= 11 is 0. The lowest BCUT2D eigenvalue weighted by Crippen LogP contribution is -2.61. The Morgan fingerprint density at radius 2 is 0.500 bits per heavy atom. The summed E-state index contributed by atoms with van der Waals surface area (Å²) in [5, 5.41) is 2.65. The molecule has 1 aromatic carbocycles. The minimum Gasteiger partial charge on any atom is -0.0894 e. The number of hydrogen-bond acceptors (Lipinski definition) is 0. The molecule has 16 saturated carbocycles. The van der Waals surface area contributed by atoms with E-state index in [9.17, 15) is 0 Å². The highest BCUT2D eigenvalue weighted by Crippen LogP contribution is 2.84. The summed E-state index contributed by atoms with van der Waals surface area (Å²) in [7, 11) is -0.166. The average molecular weight is 931 g/mol. The van der Waals surface area contributed by atoms with E-state index in [4.69, 9.17) is 0 Å². The van der Waals surface area contributed by atoms with E-state index < -0.39 is 0 Å². The van der Waals surface area contributed by atoms with Crippen LogP contribution in [0.5, 0.6) is 0 Å². The third kappa shape index (κ3) is 7.06. The van der Waals surface area contributed by atoms with E-state index in [0.717, 1.165) is 94.7 Å². The Morgan fingerprint density at radius 1 is 0.318 bits per heavy atom. The number of hydrogen-bond donors (Lipinski definition) is 0. The van der Waals surface area contributed by atoms with Crippen molar-refractivity contribution in [1.82, 2.24) is 0 Å². The molecule has 0 nitrogen and oxygen atoms in total. The topological polar surface area (TPSA) is 0 Å². The second kappa shape index (κ2) is 14.9. The first-order valence-electron chi connectivity index (χ1n) is 29.6. The molecule has 1 aromatic rings. The van der Waals surface area contributed by atoms with Crippen molar-refractivity contribution in [2.45, 2.75) is 244 Å². The van der Waals surface area contributed by atoms with Gasteiger partial charge >= 0.3 is 0 Å². The van der Waals surface area contributed by atoms with Crippen LogP contribution in [-0.2, 0) is 12.3 Å². The van der Waals surface area contributed by atoms with Gasteiger partial charge in [-0.15, -0.1) is 0 Å². The van der Waals surface area contributed by atoms with Crippen LogP contribution in [-0.4, -0.2) is 20.6 Å².